The fourth-order valence-electron chi connectivity index (χ4n) is 1.24. The summed E-state index contributed by atoms with van der Waals surface area (Å²) in [6.07, 6.45) is 5.93. The highest BCUT2D eigenvalue weighted by Gasteiger charge is 1.98. The van der Waals surface area contributed by atoms with Crippen LogP contribution in [0.5, 0.6) is 0 Å². The maximum Gasteiger partial charge on any atom is 0.155 e. The topological polar surface area (TPSA) is 17.1 Å². The first kappa shape index (κ1) is 13.3. The molecule has 3 heteroatoms. The van der Waals surface area contributed by atoms with Crippen LogP contribution in [-0.2, 0) is 4.79 Å². The van der Waals surface area contributed by atoms with E-state index in [2.05, 4.69) is 6.92 Å². The van der Waals surface area contributed by atoms with Crippen LogP contribution in [0, 0.1) is 0 Å². The van der Waals surface area contributed by atoms with E-state index >= 15 is 0 Å². The lowest BCUT2D eigenvalue weighted by molar-refractivity contribution is -0.114. The molecule has 16 heavy (non-hydrogen) atoms. The Hall–Kier alpha value is -0.790. The van der Waals surface area contributed by atoms with E-state index < -0.39 is 0 Å². The van der Waals surface area contributed by atoms with Crippen molar-refractivity contribution in [3.05, 3.63) is 39.9 Å². The number of hydrogen-bond donors (Lipinski definition) is 0. The van der Waals surface area contributed by atoms with Crippen molar-refractivity contribution in [1.82, 2.24) is 0 Å². The molecular formula is C13H14Cl2O. The predicted octanol–water partition coefficient (Wildman–Crippen LogP) is 4.77. The summed E-state index contributed by atoms with van der Waals surface area (Å²) in [4.78, 5) is 11.4. The number of halogens is 2. The molecule has 86 valence electrons. The van der Waals surface area contributed by atoms with E-state index in [1.54, 1.807) is 24.3 Å². The molecule has 0 aromatic heterocycles. The van der Waals surface area contributed by atoms with E-state index in [1.807, 2.05) is 6.07 Å². The van der Waals surface area contributed by atoms with Crippen LogP contribution in [0.25, 0.3) is 6.08 Å². The average molecular weight is 257 g/mol. The Morgan fingerprint density at radius 2 is 2.06 bits per heavy atom. The highest BCUT2D eigenvalue weighted by molar-refractivity contribution is 6.42. The fourth-order valence-corrected chi connectivity index (χ4v) is 1.55. The number of hydrogen-bond acceptors (Lipinski definition) is 1. The van der Waals surface area contributed by atoms with Gasteiger partial charge in [0, 0.05) is 6.42 Å². The van der Waals surface area contributed by atoms with Crippen LogP contribution in [-0.4, -0.2) is 5.78 Å². The largest absolute Gasteiger partial charge is 0.295 e. The van der Waals surface area contributed by atoms with Crippen molar-refractivity contribution < 1.29 is 4.79 Å². The number of carbonyl (C=O) groups is 1. The zero-order valence-corrected chi connectivity index (χ0v) is 10.7. The maximum absolute atomic E-state index is 11.4. The molecule has 1 aromatic rings. The lowest BCUT2D eigenvalue weighted by atomic mass is 10.1. The third-order valence-electron chi connectivity index (χ3n) is 2.18. The zero-order valence-electron chi connectivity index (χ0n) is 9.17. The van der Waals surface area contributed by atoms with Crippen LogP contribution in [0.2, 0.25) is 10.0 Å². The zero-order chi connectivity index (χ0) is 12.0. The van der Waals surface area contributed by atoms with Crippen LogP contribution in [0.4, 0.5) is 0 Å². The smallest absolute Gasteiger partial charge is 0.155 e. The number of carbonyl (C=O) groups excluding carboxylic acids is 1. The first-order chi connectivity index (χ1) is 7.63. The van der Waals surface area contributed by atoms with Gasteiger partial charge in [-0.3, -0.25) is 4.79 Å². The van der Waals surface area contributed by atoms with Gasteiger partial charge in [-0.2, -0.15) is 0 Å². The molecule has 0 aliphatic heterocycles. The van der Waals surface area contributed by atoms with E-state index in [0.29, 0.717) is 16.5 Å². The van der Waals surface area contributed by atoms with E-state index in [-0.39, 0.29) is 5.78 Å². The molecular weight excluding hydrogens is 243 g/mol. The minimum absolute atomic E-state index is 0.146. The molecule has 1 nitrogen and oxygen atoms in total. The summed E-state index contributed by atoms with van der Waals surface area (Å²) in [7, 11) is 0. The first-order valence-electron chi connectivity index (χ1n) is 5.29. The molecule has 0 saturated heterocycles. The molecule has 1 aromatic carbocycles. The lowest BCUT2D eigenvalue weighted by Gasteiger charge is -1.97. The summed E-state index contributed by atoms with van der Waals surface area (Å²) in [5, 5.41) is 1.03. The lowest BCUT2D eigenvalue weighted by Crippen LogP contribution is -1.91. The Kier molecular flexibility index (Phi) is 5.58. The summed E-state index contributed by atoms with van der Waals surface area (Å²) in [5.41, 5.74) is 0.888. The van der Waals surface area contributed by atoms with Crippen molar-refractivity contribution in [3.63, 3.8) is 0 Å². The van der Waals surface area contributed by atoms with Crippen molar-refractivity contribution in [2.75, 3.05) is 0 Å². The minimum atomic E-state index is 0.146. The quantitative estimate of drug-likeness (QED) is 0.694. The Labute approximate surface area is 106 Å². The van der Waals surface area contributed by atoms with Crippen LogP contribution in [0.3, 0.4) is 0 Å². The van der Waals surface area contributed by atoms with Crippen molar-refractivity contribution in [2.24, 2.45) is 0 Å². The highest BCUT2D eigenvalue weighted by Crippen LogP contribution is 2.23. The molecule has 0 radical (unpaired) electrons. The van der Waals surface area contributed by atoms with Crippen molar-refractivity contribution >= 4 is 35.1 Å². The third-order valence-corrected chi connectivity index (χ3v) is 2.92. The summed E-state index contributed by atoms with van der Waals surface area (Å²) in [5.74, 6) is 0.146. The molecule has 0 spiro atoms. The summed E-state index contributed by atoms with van der Waals surface area (Å²) in [6, 6.07) is 5.30. The van der Waals surface area contributed by atoms with Gasteiger partial charge in [-0.05, 0) is 30.2 Å². The molecule has 0 unspecified atom stereocenters. The Morgan fingerprint density at radius 1 is 1.31 bits per heavy atom. The summed E-state index contributed by atoms with van der Waals surface area (Å²) in [6.45, 7) is 2.07. The van der Waals surface area contributed by atoms with Gasteiger partial charge < -0.3 is 0 Å². The van der Waals surface area contributed by atoms with Crippen molar-refractivity contribution in [2.45, 2.75) is 26.2 Å². The molecule has 0 fully saturated rings. The number of benzene rings is 1. The molecule has 0 heterocycles. The standard InChI is InChI=1S/C13H14Cl2O/c1-2-3-4-11(16)7-5-10-6-8-12(14)13(15)9-10/h5-9H,2-4H2,1H3. The van der Waals surface area contributed by atoms with E-state index in [1.165, 1.54) is 0 Å². The van der Waals surface area contributed by atoms with Gasteiger partial charge in [-0.25, -0.2) is 0 Å². The van der Waals surface area contributed by atoms with Gasteiger partial charge in [0.2, 0.25) is 0 Å². The van der Waals surface area contributed by atoms with Gasteiger partial charge in [-0.15, -0.1) is 0 Å². The second-order valence-electron chi connectivity index (χ2n) is 3.58. The minimum Gasteiger partial charge on any atom is -0.295 e. The monoisotopic (exact) mass is 256 g/mol. The Bertz CT molecular complexity index is 397. The van der Waals surface area contributed by atoms with E-state index in [4.69, 9.17) is 23.2 Å². The van der Waals surface area contributed by atoms with Crippen LogP contribution >= 0.6 is 23.2 Å². The van der Waals surface area contributed by atoms with E-state index in [9.17, 15) is 4.79 Å². The predicted molar refractivity (Wildman–Crippen MR) is 70.0 cm³/mol. The molecule has 0 N–H and O–H groups in total. The van der Waals surface area contributed by atoms with Gasteiger partial charge >= 0.3 is 0 Å². The third kappa shape index (κ3) is 4.38. The second-order valence-corrected chi connectivity index (χ2v) is 4.39. The fraction of sp³-hybridized carbons (Fsp3) is 0.308. The molecule has 0 atom stereocenters. The Morgan fingerprint density at radius 3 is 2.69 bits per heavy atom. The summed E-state index contributed by atoms with van der Waals surface area (Å²) < 4.78 is 0. The van der Waals surface area contributed by atoms with Gasteiger partial charge in [0.25, 0.3) is 0 Å². The van der Waals surface area contributed by atoms with Crippen LogP contribution in [0.1, 0.15) is 31.7 Å². The Balaban J connectivity index is 2.62. The molecule has 0 bridgehead atoms. The first-order valence-corrected chi connectivity index (χ1v) is 6.05. The summed E-state index contributed by atoms with van der Waals surface area (Å²) >= 11 is 11.7. The number of rotatable bonds is 5. The van der Waals surface area contributed by atoms with E-state index in [0.717, 1.165) is 18.4 Å². The van der Waals surface area contributed by atoms with Crippen molar-refractivity contribution in [1.29, 1.82) is 0 Å². The number of unbranched alkanes of at least 4 members (excludes halogenated alkanes) is 1. The van der Waals surface area contributed by atoms with Gasteiger partial charge in [0.15, 0.2) is 5.78 Å². The van der Waals surface area contributed by atoms with Gasteiger partial charge in [-0.1, -0.05) is 48.7 Å². The van der Waals surface area contributed by atoms with Gasteiger partial charge in [0.05, 0.1) is 10.0 Å². The van der Waals surface area contributed by atoms with Gasteiger partial charge in [0.1, 0.15) is 0 Å². The SMILES string of the molecule is CCCCC(=O)C=Cc1ccc(Cl)c(Cl)c1. The van der Waals surface area contributed by atoms with Crippen LogP contribution in [0.15, 0.2) is 24.3 Å². The number of ketones is 1. The average Bonchev–Trinajstić information content (AvgIpc) is 2.28. The van der Waals surface area contributed by atoms with Crippen molar-refractivity contribution in [3.8, 4) is 0 Å². The molecule has 0 aliphatic carbocycles. The molecule has 0 aliphatic rings. The number of allylic oxidation sites excluding steroid dienone is 1. The highest BCUT2D eigenvalue weighted by atomic mass is 35.5. The van der Waals surface area contributed by atoms with Crippen LogP contribution < -0.4 is 0 Å². The second kappa shape index (κ2) is 6.72. The molecule has 0 saturated carbocycles. The maximum atomic E-state index is 11.4. The normalized spacial score (nSPS) is 10.9. The molecule has 0 amide bonds. The molecule has 1 rings (SSSR count).